The fraction of sp³-hybridized carbons (Fsp3) is 0.161. The summed E-state index contributed by atoms with van der Waals surface area (Å²) < 4.78 is 35.3. The molecular formula is C56H38O31. The highest BCUT2D eigenvalue weighted by atomic mass is 16.6. The van der Waals surface area contributed by atoms with Gasteiger partial charge in [0, 0.05) is 62.6 Å². The molecule has 0 spiro atoms. The fourth-order valence-electron chi connectivity index (χ4n) is 11.6. The number of rotatable bonds is 2. The number of carbonyl (C=O) groups is 5. The first-order chi connectivity index (χ1) is 41.0. The number of hydrogen-bond donors (Lipinski definition) is 20. The number of hydrogen-bond acceptors (Lipinski definition) is 31. The quantitative estimate of drug-likeness (QED) is 0.0671. The van der Waals surface area contributed by atoms with Gasteiger partial charge in [-0.15, -0.1) is 0 Å². The van der Waals surface area contributed by atoms with Gasteiger partial charge < -0.3 is 131 Å². The van der Waals surface area contributed by atoms with E-state index in [0.29, 0.717) is 12.1 Å². The molecule has 0 saturated heterocycles. The van der Waals surface area contributed by atoms with Crippen LogP contribution in [-0.4, -0.2) is 169 Å². The Kier molecular flexibility index (Phi) is 12.1. The molecule has 6 heterocycles. The molecule has 0 fully saturated rings. The summed E-state index contributed by atoms with van der Waals surface area (Å²) in [5, 5.41) is 228. The third-order valence-electron chi connectivity index (χ3n) is 15.5. The second kappa shape index (κ2) is 18.9. The first kappa shape index (κ1) is 55.4. The number of esters is 5. The molecule has 6 aliphatic rings. The number of aliphatic hydroxyl groups is 1. The zero-order valence-electron chi connectivity index (χ0n) is 42.9. The van der Waals surface area contributed by atoms with Crippen molar-refractivity contribution in [2.24, 2.45) is 0 Å². The Labute approximate surface area is 479 Å². The Morgan fingerprint density at radius 3 is 1.37 bits per heavy atom. The highest BCUT2D eigenvalue weighted by Crippen LogP contribution is 2.64. The number of benzene rings is 7. The number of phenolic OH excluding ortho intramolecular Hbond substituents is 19. The van der Waals surface area contributed by atoms with E-state index in [4.69, 9.17) is 28.4 Å². The zero-order valence-corrected chi connectivity index (χ0v) is 42.9. The maximum absolute atomic E-state index is 15.8. The summed E-state index contributed by atoms with van der Waals surface area (Å²) in [5.74, 6) is -40.4. The monoisotopic (exact) mass is 1210 g/mol. The van der Waals surface area contributed by atoms with Gasteiger partial charge in [0.05, 0.1) is 39.8 Å². The van der Waals surface area contributed by atoms with E-state index >= 15 is 19.2 Å². The van der Waals surface area contributed by atoms with Crippen molar-refractivity contribution in [3.63, 3.8) is 0 Å². The van der Waals surface area contributed by atoms with Gasteiger partial charge in [-0.1, -0.05) is 6.07 Å². The van der Waals surface area contributed by atoms with Gasteiger partial charge >= 0.3 is 29.8 Å². The standard InChI is InChI=1S/C56H38O31/c57-15-2-1-10(3-16(15)58)48-21(63)4-11-22(83-48)8-17(59)27(35(11)64)32-31-34-30(44(73)47(76)45(31)74)29-33-28(42(71)46(75)43(29)72)26-14(7-20(62)38(67)41(26)70)53(78)84-23-9-82-52(77)12-5-18(60)36(65)39(68)24(12)25-13(6-19(61)37(66)40(25)69)54(79)85-49(23)51(87-56(33)81)50(32)86-55(34)80/h1-3,5-8,21,23,32,48-51,57-76H,4,9H2/t21-,23-,32-,48+,49+,50-,51?/m0/s1. The largest absolute Gasteiger partial charge is 0.507 e. The minimum absolute atomic E-state index is 0.0205. The smallest absolute Gasteiger partial charge is 0.340 e. The number of fused-ring (bicyclic) bond motifs is 8. The summed E-state index contributed by atoms with van der Waals surface area (Å²) >= 11 is 0. The third kappa shape index (κ3) is 7.75. The van der Waals surface area contributed by atoms with Gasteiger partial charge in [-0.05, 0) is 35.9 Å². The molecule has 1 unspecified atom stereocenters. The van der Waals surface area contributed by atoms with Gasteiger partial charge in [0.1, 0.15) is 30.0 Å². The van der Waals surface area contributed by atoms with Crippen molar-refractivity contribution in [1.82, 2.24) is 0 Å². The molecule has 31 nitrogen and oxygen atoms in total. The van der Waals surface area contributed by atoms with Crippen molar-refractivity contribution in [2.45, 2.75) is 49.0 Å². The second-order valence-electron chi connectivity index (χ2n) is 20.2. The van der Waals surface area contributed by atoms with E-state index in [0.717, 1.165) is 18.2 Å². The molecule has 6 bridgehead atoms. The maximum Gasteiger partial charge on any atom is 0.340 e. The van der Waals surface area contributed by atoms with E-state index in [1.807, 2.05) is 0 Å². The first-order valence-electron chi connectivity index (χ1n) is 25.0. The fourth-order valence-corrected chi connectivity index (χ4v) is 11.6. The zero-order chi connectivity index (χ0) is 62.7. The molecule has 0 saturated carbocycles. The summed E-state index contributed by atoms with van der Waals surface area (Å²) in [4.78, 5) is 75.8. The van der Waals surface area contributed by atoms with Crippen LogP contribution >= 0.6 is 0 Å². The first-order valence-corrected chi connectivity index (χ1v) is 25.0. The van der Waals surface area contributed by atoms with Crippen LogP contribution in [0, 0.1) is 0 Å². The lowest BCUT2D eigenvalue weighted by Crippen LogP contribution is -2.56. The molecule has 87 heavy (non-hydrogen) atoms. The Bertz CT molecular complexity index is 4350. The van der Waals surface area contributed by atoms with E-state index < -0.39 is 278 Å². The molecule has 13 rings (SSSR count). The molecule has 0 radical (unpaired) electrons. The number of phenols is 19. The van der Waals surface area contributed by atoms with E-state index in [1.54, 1.807) is 0 Å². The molecule has 0 amide bonds. The van der Waals surface area contributed by atoms with Crippen molar-refractivity contribution in [1.29, 1.82) is 0 Å². The van der Waals surface area contributed by atoms with Crippen molar-refractivity contribution in [2.75, 3.05) is 6.61 Å². The SMILES string of the molecule is O=C1OC[C@@H]2OC(=O)c3cc(O)c(O)c(O)c3-c3c(O)c(O)c(O)c4c3C(=O)OC([C@H]3OC(=O)c5c-4c(O)c(O)c(O)c5[C@@H]3c3c(O)cc4c(c3O)C[C@H](O)[C@@H](c3ccc(O)c(O)c3)O4)[C@@H]2OC(=O)c2cc(O)c(O)c(O)c2-c2c1cc(O)c(O)c2O. The van der Waals surface area contributed by atoms with Crippen molar-refractivity contribution < 1.29 is 155 Å². The lowest BCUT2D eigenvalue weighted by atomic mass is 9.73. The van der Waals surface area contributed by atoms with Crippen molar-refractivity contribution in [3.05, 3.63) is 92.5 Å². The minimum atomic E-state index is -3.01. The number of cyclic esters (lactones) is 1. The summed E-state index contributed by atoms with van der Waals surface area (Å²) in [5.41, 5.74) is -17.4. The van der Waals surface area contributed by atoms with E-state index in [9.17, 15) is 107 Å². The highest BCUT2D eigenvalue weighted by molar-refractivity contribution is 6.17. The Morgan fingerprint density at radius 1 is 0.345 bits per heavy atom. The molecule has 7 atom stereocenters. The summed E-state index contributed by atoms with van der Waals surface area (Å²) in [6.45, 7) is -1.63. The van der Waals surface area contributed by atoms with Crippen molar-refractivity contribution >= 4 is 29.8 Å². The van der Waals surface area contributed by atoms with E-state index in [-0.39, 0.29) is 11.6 Å². The average molecular weight is 1210 g/mol. The number of ether oxygens (including phenoxy) is 6. The molecule has 7 aromatic rings. The van der Waals surface area contributed by atoms with Crippen LogP contribution in [0.15, 0.2) is 42.5 Å². The van der Waals surface area contributed by atoms with Gasteiger partial charge in [0.25, 0.3) is 0 Å². The van der Waals surface area contributed by atoms with Crippen LogP contribution in [0.5, 0.6) is 115 Å². The van der Waals surface area contributed by atoms with Gasteiger partial charge in [0.2, 0.25) is 28.7 Å². The Balaban J connectivity index is 1.21. The molecule has 31 heteroatoms. The molecule has 6 aliphatic heterocycles. The van der Waals surface area contributed by atoms with E-state index in [2.05, 4.69) is 0 Å². The predicted molar refractivity (Wildman–Crippen MR) is 276 cm³/mol. The normalized spacial score (nSPS) is 20.9. The van der Waals surface area contributed by atoms with Crippen molar-refractivity contribution in [3.8, 4) is 148 Å². The molecule has 20 N–H and O–H groups in total. The summed E-state index contributed by atoms with van der Waals surface area (Å²) in [6, 6.07) is 5.01. The molecule has 7 aromatic carbocycles. The van der Waals surface area contributed by atoms with Gasteiger partial charge in [-0.25, -0.2) is 24.0 Å². The van der Waals surface area contributed by atoms with Crippen LogP contribution in [0.25, 0.3) is 33.4 Å². The number of aliphatic hydroxyl groups excluding tert-OH is 1. The van der Waals surface area contributed by atoms with Crippen LogP contribution in [-0.2, 0) is 30.1 Å². The van der Waals surface area contributed by atoms with Gasteiger partial charge in [-0.3, -0.25) is 0 Å². The van der Waals surface area contributed by atoms with Gasteiger partial charge in [-0.2, -0.15) is 0 Å². The summed E-state index contributed by atoms with van der Waals surface area (Å²) in [7, 11) is 0. The molecule has 448 valence electrons. The maximum atomic E-state index is 15.8. The Morgan fingerprint density at radius 2 is 0.805 bits per heavy atom. The van der Waals surface area contributed by atoms with Gasteiger partial charge in [0.15, 0.2) is 93.4 Å². The van der Waals surface area contributed by atoms with Crippen LogP contribution < -0.4 is 4.74 Å². The number of aromatic hydroxyl groups is 19. The lowest BCUT2D eigenvalue weighted by Gasteiger charge is -2.43. The highest BCUT2D eigenvalue weighted by Gasteiger charge is 2.57. The van der Waals surface area contributed by atoms with Crippen LogP contribution in [0.3, 0.4) is 0 Å². The topological polar surface area (TPSA) is 545 Å². The van der Waals surface area contributed by atoms with Crippen LogP contribution in [0.4, 0.5) is 0 Å². The average Bonchev–Trinajstić information content (AvgIpc) is 1.30. The third-order valence-corrected chi connectivity index (χ3v) is 15.5. The van der Waals surface area contributed by atoms with Crippen LogP contribution in [0.2, 0.25) is 0 Å². The van der Waals surface area contributed by atoms with Crippen LogP contribution in [0.1, 0.15) is 86.1 Å². The number of carbonyl (C=O) groups excluding carboxylic acids is 5. The predicted octanol–water partition coefficient (Wildman–Crippen LogP) is 3.28. The second-order valence-corrected chi connectivity index (χ2v) is 20.2. The molecule has 0 aromatic heterocycles. The van der Waals surface area contributed by atoms with E-state index in [1.165, 1.54) is 6.07 Å². The minimum Gasteiger partial charge on any atom is -0.507 e. The molecule has 0 aliphatic carbocycles. The summed E-state index contributed by atoms with van der Waals surface area (Å²) in [6.07, 6.45) is -15.4. The Hall–Kier alpha value is -12.2. The molecular weight excluding hydrogens is 1170 g/mol. The lowest BCUT2D eigenvalue weighted by molar-refractivity contribution is -0.135.